The molecule has 0 saturated carbocycles. The monoisotopic (exact) mass is 483 g/mol. The largest absolute Gasteiger partial charge is 0.341 e. The number of amides is 3. The van der Waals surface area contributed by atoms with Gasteiger partial charge in [0.1, 0.15) is 0 Å². The molecule has 0 unspecified atom stereocenters. The number of anilines is 1. The third-order valence-electron chi connectivity index (χ3n) is 2.52. The van der Waals surface area contributed by atoms with Gasteiger partial charge in [0, 0.05) is 4.47 Å². The number of imide groups is 1. The molecule has 0 aromatic heterocycles. The smallest absolute Gasteiger partial charge is 0.265 e. The normalized spacial score (nSPS) is 17.8. The summed E-state index contributed by atoms with van der Waals surface area (Å²) in [6, 6.07) is 3.60. The highest BCUT2D eigenvalue weighted by Gasteiger charge is 2.52. The Morgan fingerprint density at radius 3 is 2.36 bits per heavy atom. The van der Waals surface area contributed by atoms with E-state index in [1.54, 1.807) is 6.07 Å². The maximum absolute atomic E-state index is 12.4. The summed E-state index contributed by atoms with van der Waals surface area (Å²) in [6.45, 7) is 0. The van der Waals surface area contributed by atoms with Gasteiger partial charge in [-0.25, -0.2) is 14.6 Å². The predicted octanol–water partition coefficient (Wildman–Crippen LogP) is 5.40. The van der Waals surface area contributed by atoms with Crippen LogP contribution in [0, 0.1) is 0 Å². The third kappa shape index (κ3) is 3.45. The Morgan fingerprint density at radius 1 is 1.23 bits per heavy atom. The molecule has 2 rings (SSSR count). The number of rotatable bonds is 2. The van der Waals surface area contributed by atoms with Gasteiger partial charge in [-0.15, -0.1) is 0 Å². The van der Waals surface area contributed by atoms with Crippen molar-refractivity contribution >= 4 is 108 Å². The molecule has 0 N–H and O–H groups in total. The summed E-state index contributed by atoms with van der Waals surface area (Å²) in [7, 11) is 5.41. The number of urea groups is 1. The minimum Gasteiger partial charge on any atom is -0.265 e. The van der Waals surface area contributed by atoms with Crippen LogP contribution in [0.5, 0.6) is 0 Å². The second-order valence-electron chi connectivity index (χ2n) is 3.81. The molecule has 1 saturated heterocycles. The number of hydrogen-bond donors (Lipinski definition) is 0. The Hall–Kier alpha value is 0.110. The van der Waals surface area contributed by atoms with Gasteiger partial charge >= 0.3 is 11.9 Å². The number of carbonyl (C=O) groups is 2. The maximum atomic E-state index is 12.4. The molecule has 1 heterocycles. The van der Waals surface area contributed by atoms with Crippen LogP contribution < -0.4 is 4.90 Å². The molecule has 1 aliphatic rings. The Morgan fingerprint density at radius 2 is 1.86 bits per heavy atom. The molecule has 0 bridgehead atoms. The van der Waals surface area contributed by atoms with E-state index < -0.39 is 21.7 Å². The minimum absolute atomic E-state index is 0.201. The quantitative estimate of drug-likeness (QED) is 0.244. The van der Waals surface area contributed by atoms with E-state index in [4.69, 9.17) is 57.1 Å². The predicted molar refractivity (Wildman–Crippen MR) is 95.0 cm³/mol. The molecule has 12 heteroatoms. The molecule has 22 heavy (non-hydrogen) atoms. The molecule has 5 nitrogen and oxygen atoms in total. The van der Waals surface area contributed by atoms with Crippen LogP contribution in [0.1, 0.15) is 0 Å². The standard InChI is InChI=1S/C10H3BrCl5N3O2S/c11-5-2-1-4(3-6(5)12)18-8(20)7(17-22-16)19(9(18)21)10(13,14)15/h1-3H. The highest BCUT2D eigenvalue weighted by atomic mass is 79.9. The van der Waals surface area contributed by atoms with Crippen molar-refractivity contribution in [3.8, 4) is 0 Å². The lowest BCUT2D eigenvalue weighted by molar-refractivity contribution is -0.111. The van der Waals surface area contributed by atoms with E-state index in [9.17, 15) is 9.59 Å². The Kier molecular flexibility index (Phi) is 5.81. The van der Waals surface area contributed by atoms with Crippen LogP contribution in [-0.2, 0) is 4.79 Å². The Bertz CT molecular complexity index is 681. The molecular weight excluding hydrogens is 483 g/mol. The van der Waals surface area contributed by atoms with Gasteiger partial charge in [0.15, 0.2) is 0 Å². The zero-order chi connectivity index (χ0) is 16.7. The average Bonchev–Trinajstić information content (AvgIpc) is 2.65. The van der Waals surface area contributed by atoms with Crippen molar-refractivity contribution in [1.82, 2.24) is 4.90 Å². The molecule has 1 fully saturated rings. The molecule has 3 amide bonds. The van der Waals surface area contributed by atoms with Crippen molar-refractivity contribution < 1.29 is 9.59 Å². The first-order valence-electron chi connectivity index (χ1n) is 5.24. The summed E-state index contributed by atoms with van der Waals surface area (Å²) in [5.41, 5.74) is 0.201. The third-order valence-corrected chi connectivity index (χ3v) is 4.71. The van der Waals surface area contributed by atoms with Crippen LogP contribution in [0.4, 0.5) is 10.5 Å². The molecule has 1 aliphatic heterocycles. The first kappa shape index (κ1) is 18.4. The van der Waals surface area contributed by atoms with E-state index in [-0.39, 0.29) is 5.69 Å². The first-order chi connectivity index (χ1) is 10.2. The number of nitrogens with zero attached hydrogens (tertiary/aromatic N) is 3. The number of halogens is 6. The van der Waals surface area contributed by atoms with Crippen LogP contribution in [0.2, 0.25) is 5.02 Å². The number of carbonyl (C=O) groups excluding carboxylic acids is 2. The van der Waals surface area contributed by atoms with Crippen molar-refractivity contribution in [3.05, 3.63) is 27.7 Å². The first-order valence-corrected chi connectivity index (χ1v) is 9.15. The van der Waals surface area contributed by atoms with Crippen molar-refractivity contribution in [2.75, 3.05) is 4.90 Å². The van der Waals surface area contributed by atoms with Crippen LogP contribution in [0.3, 0.4) is 0 Å². The van der Waals surface area contributed by atoms with E-state index in [1.165, 1.54) is 12.1 Å². The fourth-order valence-corrected chi connectivity index (χ4v) is 2.97. The van der Waals surface area contributed by atoms with Gasteiger partial charge in [-0.2, -0.15) is 4.40 Å². The summed E-state index contributed by atoms with van der Waals surface area (Å²) < 4.78 is 2.03. The van der Waals surface area contributed by atoms with Gasteiger partial charge in [-0.1, -0.05) is 46.4 Å². The molecule has 1 aromatic carbocycles. The van der Waals surface area contributed by atoms with Gasteiger partial charge in [-0.05, 0) is 44.8 Å². The van der Waals surface area contributed by atoms with Crippen molar-refractivity contribution in [1.29, 1.82) is 0 Å². The topological polar surface area (TPSA) is 53.0 Å². The van der Waals surface area contributed by atoms with E-state index >= 15 is 0 Å². The number of amidine groups is 1. The van der Waals surface area contributed by atoms with Crippen LogP contribution >= 0.6 is 84.2 Å². The molecule has 0 spiro atoms. The molecule has 0 radical (unpaired) electrons. The average molecular weight is 486 g/mol. The van der Waals surface area contributed by atoms with E-state index in [0.717, 1.165) is 4.90 Å². The Balaban J connectivity index is 2.54. The summed E-state index contributed by atoms with van der Waals surface area (Å²) in [5.74, 6) is -1.19. The molecule has 0 aliphatic carbocycles. The lowest BCUT2D eigenvalue weighted by atomic mass is 10.3. The Labute approximate surface area is 162 Å². The summed E-state index contributed by atoms with van der Waals surface area (Å²) in [6.07, 6.45) is 0. The summed E-state index contributed by atoms with van der Waals surface area (Å²) in [5, 5.41) is 0.302. The van der Waals surface area contributed by atoms with Gasteiger partial charge in [0.2, 0.25) is 5.84 Å². The number of alkyl halides is 3. The lowest BCUT2D eigenvalue weighted by Gasteiger charge is -2.23. The number of benzene rings is 1. The molecular formula is C10H3BrCl5N3O2S. The van der Waals surface area contributed by atoms with Crippen molar-refractivity contribution in [2.45, 2.75) is 3.92 Å². The van der Waals surface area contributed by atoms with Crippen LogP contribution in [0.25, 0.3) is 0 Å². The second-order valence-corrected chi connectivity index (χ2v) is 8.03. The van der Waals surface area contributed by atoms with Crippen LogP contribution in [-0.4, -0.2) is 26.6 Å². The highest BCUT2D eigenvalue weighted by molar-refractivity contribution is 9.10. The minimum atomic E-state index is -2.20. The molecule has 0 atom stereocenters. The van der Waals surface area contributed by atoms with Crippen LogP contribution in [0.15, 0.2) is 27.1 Å². The fourth-order valence-electron chi connectivity index (χ4n) is 1.67. The van der Waals surface area contributed by atoms with Gasteiger partial charge in [0.25, 0.3) is 3.92 Å². The van der Waals surface area contributed by atoms with Crippen molar-refractivity contribution in [2.24, 2.45) is 4.40 Å². The SMILES string of the molecule is O=C1C(=NSCl)N(C(Cl)(Cl)Cl)C(=O)N1c1ccc(Br)c(Cl)c1. The second kappa shape index (κ2) is 6.93. The zero-order valence-corrected chi connectivity index (χ0v) is 16.2. The highest BCUT2D eigenvalue weighted by Crippen LogP contribution is 2.38. The maximum Gasteiger partial charge on any atom is 0.341 e. The van der Waals surface area contributed by atoms with E-state index in [0.29, 0.717) is 25.6 Å². The van der Waals surface area contributed by atoms with E-state index in [1.807, 2.05) is 0 Å². The molecule has 1 aromatic rings. The zero-order valence-electron chi connectivity index (χ0n) is 10.1. The van der Waals surface area contributed by atoms with Gasteiger partial charge in [-0.3, -0.25) is 4.79 Å². The fraction of sp³-hybridized carbons (Fsp3) is 0.100. The summed E-state index contributed by atoms with van der Waals surface area (Å²) in [4.78, 5) is 26.2. The lowest BCUT2D eigenvalue weighted by Crippen LogP contribution is -2.41. The van der Waals surface area contributed by atoms with E-state index in [2.05, 4.69) is 20.3 Å². The molecule has 118 valence electrons. The van der Waals surface area contributed by atoms with Gasteiger partial charge in [0.05, 0.1) is 21.9 Å². The van der Waals surface area contributed by atoms with Gasteiger partial charge < -0.3 is 0 Å². The number of hydrogen-bond acceptors (Lipinski definition) is 4. The summed E-state index contributed by atoms with van der Waals surface area (Å²) >= 11 is 26.8. The van der Waals surface area contributed by atoms with Crippen molar-refractivity contribution in [3.63, 3.8) is 0 Å².